The Morgan fingerprint density at radius 1 is 1.40 bits per heavy atom. The van der Waals surface area contributed by atoms with E-state index in [-0.39, 0.29) is 5.82 Å². The highest BCUT2D eigenvalue weighted by molar-refractivity contribution is 7.05. The Labute approximate surface area is 90.1 Å². The van der Waals surface area contributed by atoms with E-state index >= 15 is 0 Å². The van der Waals surface area contributed by atoms with Crippen LogP contribution in [0.5, 0.6) is 0 Å². The molecular formula is C9H9FN4S. The van der Waals surface area contributed by atoms with Crippen molar-refractivity contribution in [2.24, 2.45) is 5.84 Å². The number of nitrogens with zero attached hydrogens (tertiary/aromatic N) is 2. The van der Waals surface area contributed by atoms with Crippen molar-refractivity contribution in [2.75, 3.05) is 0 Å². The van der Waals surface area contributed by atoms with Crippen molar-refractivity contribution in [2.45, 2.75) is 6.04 Å². The lowest BCUT2D eigenvalue weighted by molar-refractivity contribution is 0.564. The standard InChI is InChI=1S/C9H9FN4S/c10-7-4-2-1-3-6(7)9(13-11)8-5-12-14-15-8/h1-5,9,13H,11H2. The smallest absolute Gasteiger partial charge is 0.128 e. The first-order valence-electron chi connectivity index (χ1n) is 4.30. The third-order valence-electron chi connectivity index (χ3n) is 2.05. The normalized spacial score (nSPS) is 12.7. The summed E-state index contributed by atoms with van der Waals surface area (Å²) in [5.74, 6) is 5.10. The van der Waals surface area contributed by atoms with Gasteiger partial charge in [0, 0.05) is 5.56 Å². The highest BCUT2D eigenvalue weighted by atomic mass is 32.1. The second kappa shape index (κ2) is 4.43. The van der Waals surface area contributed by atoms with Crippen LogP contribution >= 0.6 is 11.5 Å². The molecule has 1 atom stereocenters. The van der Waals surface area contributed by atoms with Crippen LogP contribution in [0.3, 0.4) is 0 Å². The second-order valence-corrected chi connectivity index (χ2v) is 3.76. The molecule has 0 bridgehead atoms. The van der Waals surface area contributed by atoms with Crippen LogP contribution in [0.1, 0.15) is 16.5 Å². The zero-order valence-electron chi connectivity index (χ0n) is 7.72. The molecule has 0 saturated carbocycles. The summed E-state index contributed by atoms with van der Waals surface area (Å²) in [6.07, 6.45) is 1.57. The molecule has 1 heterocycles. The average molecular weight is 224 g/mol. The SMILES string of the molecule is NNC(c1cnns1)c1ccccc1F. The van der Waals surface area contributed by atoms with E-state index in [1.807, 2.05) is 0 Å². The van der Waals surface area contributed by atoms with E-state index in [2.05, 4.69) is 15.0 Å². The first kappa shape index (κ1) is 10.2. The topological polar surface area (TPSA) is 63.8 Å². The van der Waals surface area contributed by atoms with Crippen molar-refractivity contribution in [3.05, 3.63) is 46.7 Å². The van der Waals surface area contributed by atoms with E-state index in [1.54, 1.807) is 24.4 Å². The van der Waals surface area contributed by atoms with Gasteiger partial charge in [0.1, 0.15) is 5.82 Å². The number of hydrogen-bond donors (Lipinski definition) is 2. The summed E-state index contributed by atoms with van der Waals surface area (Å²) >= 11 is 1.19. The molecule has 0 aliphatic rings. The van der Waals surface area contributed by atoms with Gasteiger partial charge in [-0.1, -0.05) is 22.7 Å². The van der Waals surface area contributed by atoms with Gasteiger partial charge in [0.05, 0.1) is 17.1 Å². The molecule has 15 heavy (non-hydrogen) atoms. The lowest BCUT2D eigenvalue weighted by Gasteiger charge is -2.13. The molecule has 0 spiro atoms. The van der Waals surface area contributed by atoms with Crippen molar-refractivity contribution in [3.8, 4) is 0 Å². The van der Waals surface area contributed by atoms with Gasteiger partial charge in [-0.2, -0.15) is 0 Å². The van der Waals surface area contributed by atoms with Gasteiger partial charge in [0.2, 0.25) is 0 Å². The molecule has 0 radical (unpaired) electrons. The Morgan fingerprint density at radius 3 is 2.80 bits per heavy atom. The number of aromatic nitrogens is 2. The van der Waals surface area contributed by atoms with Crippen LogP contribution in [0.15, 0.2) is 30.5 Å². The number of hydrogen-bond acceptors (Lipinski definition) is 5. The van der Waals surface area contributed by atoms with Gasteiger partial charge < -0.3 is 0 Å². The van der Waals surface area contributed by atoms with Gasteiger partial charge in [-0.25, -0.2) is 9.82 Å². The Hall–Kier alpha value is -1.37. The molecule has 1 aromatic carbocycles. The quantitative estimate of drug-likeness (QED) is 0.608. The molecular weight excluding hydrogens is 215 g/mol. The first-order valence-corrected chi connectivity index (χ1v) is 5.08. The molecule has 1 aromatic heterocycles. The van der Waals surface area contributed by atoms with Gasteiger partial charge in [0.15, 0.2) is 0 Å². The molecule has 0 aliphatic heterocycles. The lowest BCUT2D eigenvalue weighted by Crippen LogP contribution is -2.28. The summed E-state index contributed by atoms with van der Waals surface area (Å²) in [5, 5.41) is 3.70. The van der Waals surface area contributed by atoms with Crippen molar-refractivity contribution in [3.63, 3.8) is 0 Å². The molecule has 0 amide bonds. The Balaban J connectivity index is 2.40. The predicted octanol–water partition coefficient (Wildman–Crippen LogP) is 1.23. The maximum atomic E-state index is 13.5. The van der Waals surface area contributed by atoms with Crippen LogP contribution in [0.2, 0.25) is 0 Å². The molecule has 78 valence electrons. The molecule has 3 N–H and O–H groups in total. The van der Waals surface area contributed by atoms with E-state index < -0.39 is 6.04 Å². The fourth-order valence-corrected chi connectivity index (χ4v) is 1.92. The number of hydrazine groups is 1. The van der Waals surface area contributed by atoms with E-state index in [1.165, 1.54) is 17.6 Å². The second-order valence-electron chi connectivity index (χ2n) is 2.94. The summed E-state index contributed by atoms with van der Waals surface area (Å²) in [7, 11) is 0. The van der Waals surface area contributed by atoms with Crippen molar-refractivity contribution in [1.29, 1.82) is 0 Å². The lowest BCUT2D eigenvalue weighted by atomic mass is 10.1. The molecule has 2 rings (SSSR count). The molecule has 1 unspecified atom stereocenters. The summed E-state index contributed by atoms with van der Waals surface area (Å²) < 4.78 is 17.2. The number of halogens is 1. The molecule has 0 fully saturated rings. The van der Waals surface area contributed by atoms with Gasteiger partial charge in [-0.15, -0.1) is 5.10 Å². The predicted molar refractivity (Wildman–Crippen MR) is 55.5 cm³/mol. The Kier molecular flexibility index (Phi) is 3.00. The summed E-state index contributed by atoms with van der Waals surface area (Å²) in [5.41, 5.74) is 3.04. The minimum Gasteiger partial charge on any atom is -0.271 e. The number of nitrogens with two attached hydrogens (primary N) is 1. The molecule has 2 aromatic rings. The zero-order valence-corrected chi connectivity index (χ0v) is 8.54. The molecule has 4 nitrogen and oxygen atoms in total. The van der Waals surface area contributed by atoms with Crippen LogP contribution in [-0.2, 0) is 0 Å². The van der Waals surface area contributed by atoms with E-state index in [4.69, 9.17) is 5.84 Å². The minimum absolute atomic E-state index is 0.297. The molecule has 0 aliphatic carbocycles. The van der Waals surface area contributed by atoms with Crippen LogP contribution in [0, 0.1) is 5.82 Å². The monoisotopic (exact) mass is 224 g/mol. The molecule has 6 heteroatoms. The Morgan fingerprint density at radius 2 is 2.20 bits per heavy atom. The van der Waals surface area contributed by atoms with E-state index in [0.717, 1.165) is 4.88 Å². The van der Waals surface area contributed by atoms with Gasteiger partial charge in [-0.3, -0.25) is 5.84 Å². The van der Waals surface area contributed by atoms with Gasteiger partial charge in [-0.05, 0) is 17.6 Å². The first-order chi connectivity index (χ1) is 7.33. The fourth-order valence-electron chi connectivity index (χ4n) is 1.34. The zero-order chi connectivity index (χ0) is 10.7. The third-order valence-corrected chi connectivity index (χ3v) is 2.77. The van der Waals surface area contributed by atoms with Crippen molar-refractivity contribution in [1.82, 2.24) is 15.0 Å². The Bertz CT molecular complexity index is 431. The highest BCUT2D eigenvalue weighted by Crippen LogP contribution is 2.24. The number of rotatable bonds is 3. The fraction of sp³-hybridized carbons (Fsp3) is 0.111. The van der Waals surface area contributed by atoms with Crippen molar-refractivity contribution >= 4 is 11.5 Å². The van der Waals surface area contributed by atoms with Gasteiger partial charge in [0.25, 0.3) is 0 Å². The third kappa shape index (κ3) is 2.01. The summed E-state index contributed by atoms with van der Waals surface area (Å²) in [6.45, 7) is 0. The van der Waals surface area contributed by atoms with Crippen molar-refractivity contribution < 1.29 is 4.39 Å². The maximum Gasteiger partial charge on any atom is 0.128 e. The van der Waals surface area contributed by atoms with E-state index in [9.17, 15) is 4.39 Å². The number of benzene rings is 1. The van der Waals surface area contributed by atoms with E-state index in [0.29, 0.717) is 5.56 Å². The molecule has 0 saturated heterocycles. The van der Waals surface area contributed by atoms with Crippen LogP contribution < -0.4 is 11.3 Å². The van der Waals surface area contributed by atoms with Crippen LogP contribution in [0.4, 0.5) is 4.39 Å². The van der Waals surface area contributed by atoms with Crippen LogP contribution in [-0.4, -0.2) is 9.59 Å². The highest BCUT2D eigenvalue weighted by Gasteiger charge is 2.17. The largest absolute Gasteiger partial charge is 0.271 e. The number of nitrogens with one attached hydrogen (secondary N) is 1. The van der Waals surface area contributed by atoms with Crippen LogP contribution in [0.25, 0.3) is 0 Å². The summed E-state index contributed by atoms with van der Waals surface area (Å²) in [4.78, 5) is 0.780. The average Bonchev–Trinajstić information content (AvgIpc) is 2.75. The summed E-state index contributed by atoms with van der Waals surface area (Å²) in [6, 6.07) is 6.08. The van der Waals surface area contributed by atoms with Gasteiger partial charge >= 0.3 is 0 Å². The maximum absolute atomic E-state index is 13.5. The minimum atomic E-state index is -0.397.